The van der Waals surface area contributed by atoms with Crippen LogP contribution in [0.1, 0.15) is 5.56 Å². The Morgan fingerprint density at radius 1 is 1.06 bits per heavy atom. The summed E-state index contributed by atoms with van der Waals surface area (Å²) in [5.74, 6) is 0. The normalized spacial score (nSPS) is 10.7. The minimum absolute atomic E-state index is 0.0682. The minimum Gasteiger partial charge on any atom is -0.258 e. The molecule has 0 radical (unpaired) electrons. The molecule has 0 saturated heterocycles. The third kappa shape index (κ3) is 3.15. The average Bonchev–Trinajstić information content (AvgIpc) is 2.38. The third-order valence-electron chi connectivity index (χ3n) is 2.29. The second kappa shape index (κ2) is 5.42. The van der Waals surface area contributed by atoms with Gasteiger partial charge in [-0.1, -0.05) is 11.6 Å². The van der Waals surface area contributed by atoms with Crippen molar-refractivity contribution >= 4 is 29.2 Å². The van der Waals surface area contributed by atoms with Crippen LogP contribution in [0.2, 0.25) is 5.02 Å². The highest BCUT2D eigenvalue weighted by Crippen LogP contribution is 2.16. The zero-order valence-electron chi connectivity index (χ0n) is 9.29. The zero-order chi connectivity index (χ0) is 13.0. The number of nitro groups is 1. The summed E-state index contributed by atoms with van der Waals surface area (Å²) < 4.78 is 0. The summed E-state index contributed by atoms with van der Waals surface area (Å²) >= 11 is 5.76. The first-order chi connectivity index (χ1) is 8.65. The van der Waals surface area contributed by atoms with Crippen molar-refractivity contribution < 1.29 is 4.92 Å². The molecule has 2 aromatic rings. The van der Waals surface area contributed by atoms with Gasteiger partial charge in [-0.2, -0.15) is 0 Å². The molecule has 2 aromatic carbocycles. The van der Waals surface area contributed by atoms with Crippen LogP contribution in [-0.2, 0) is 0 Å². The zero-order valence-corrected chi connectivity index (χ0v) is 10.0. The van der Waals surface area contributed by atoms with Gasteiger partial charge in [0.2, 0.25) is 0 Å². The molecule has 90 valence electrons. The summed E-state index contributed by atoms with van der Waals surface area (Å²) in [6.45, 7) is 0. The number of halogens is 1. The highest BCUT2D eigenvalue weighted by Gasteiger charge is 2.02. The summed E-state index contributed by atoms with van der Waals surface area (Å²) in [6.07, 6.45) is 1.65. The van der Waals surface area contributed by atoms with E-state index in [0.29, 0.717) is 5.02 Å². The molecule has 18 heavy (non-hydrogen) atoms. The molecule has 0 N–H and O–H groups in total. The van der Waals surface area contributed by atoms with E-state index in [9.17, 15) is 10.1 Å². The number of non-ortho nitro benzene ring substituents is 1. The molecule has 0 bridgehead atoms. The highest BCUT2D eigenvalue weighted by atomic mass is 35.5. The summed E-state index contributed by atoms with van der Waals surface area (Å²) in [5, 5.41) is 11.1. The van der Waals surface area contributed by atoms with E-state index in [1.807, 2.05) is 0 Å². The van der Waals surface area contributed by atoms with E-state index in [1.54, 1.807) is 42.6 Å². The Morgan fingerprint density at radius 3 is 2.22 bits per heavy atom. The molecule has 0 aliphatic heterocycles. The summed E-state index contributed by atoms with van der Waals surface area (Å²) in [4.78, 5) is 14.3. The van der Waals surface area contributed by atoms with E-state index in [0.717, 1.165) is 11.3 Å². The lowest BCUT2D eigenvalue weighted by molar-refractivity contribution is -0.384. The summed E-state index contributed by atoms with van der Waals surface area (Å²) in [7, 11) is 0. The quantitative estimate of drug-likeness (QED) is 0.476. The maximum Gasteiger partial charge on any atom is 0.269 e. The van der Waals surface area contributed by atoms with Gasteiger partial charge >= 0.3 is 0 Å². The smallest absolute Gasteiger partial charge is 0.258 e. The Hall–Kier alpha value is -2.20. The number of hydrogen-bond acceptors (Lipinski definition) is 3. The van der Waals surface area contributed by atoms with Crippen LogP contribution in [0, 0.1) is 10.1 Å². The van der Waals surface area contributed by atoms with Crippen molar-refractivity contribution in [1.29, 1.82) is 0 Å². The standard InChI is InChI=1S/C13H9ClN2O2/c14-11-3-5-12(6-4-11)15-9-10-1-7-13(8-2-10)16(17)18/h1-9H. The molecule has 2 rings (SSSR count). The van der Waals surface area contributed by atoms with Gasteiger partial charge in [0, 0.05) is 23.4 Å². The first kappa shape index (κ1) is 12.3. The topological polar surface area (TPSA) is 55.5 Å². The van der Waals surface area contributed by atoms with Crippen LogP contribution in [0.4, 0.5) is 11.4 Å². The maximum atomic E-state index is 10.5. The second-order valence-electron chi connectivity index (χ2n) is 3.58. The van der Waals surface area contributed by atoms with E-state index >= 15 is 0 Å². The van der Waals surface area contributed by atoms with Gasteiger partial charge in [-0.25, -0.2) is 0 Å². The molecule has 0 amide bonds. The van der Waals surface area contributed by atoms with Crippen LogP contribution in [0.3, 0.4) is 0 Å². The van der Waals surface area contributed by atoms with Crippen LogP contribution < -0.4 is 0 Å². The number of benzene rings is 2. The Bertz CT molecular complexity index is 577. The van der Waals surface area contributed by atoms with E-state index < -0.39 is 4.92 Å². The molecular formula is C13H9ClN2O2. The van der Waals surface area contributed by atoms with Crippen molar-refractivity contribution in [1.82, 2.24) is 0 Å². The Labute approximate surface area is 109 Å². The first-order valence-electron chi connectivity index (χ1n) is 5.19. The van der Waals surface area contributed by atoms with Crippen molar-refractivity contribution in [3.8, 4) is 0 Å². The average molecular weight is 261 g/mol. The number of nitrogens with zero attached hydrogens (tertiary/aromatic N) is 2. The van der Waals surface area contributed by atoms with Gasteiger partial charge in [0.05, 0.1) is 10.6 Å². The fourth-order valence-electron chi connectivity index (χ4n) is 1.36. The molecule has 0 aromatic heterocycles. The molecule has 0 heterocycles. The van der Waals surface area contributed by atoms with Crippen LogP contribution in [0.25, 0.3) is 0 Å². The Kier molecular flexibility index (Phi) is 3.69. The van der Waals surface area contributed by atoms with Gasteiger partial charge in [0.1, 0.15) is 0 Å². The van der Waals surface area contributed by atoms with E-state index in [4.69, 9.17) is 11.6 Å². The number of aliphatic imine (C=N–C) groups is 1. The van der Waals surface area contributed by atoms with Gasteiger partial charge in [-0.3, -0.25) is 15.1 Å². The lowest BCUT2D eigenvalue weighted by Gasteiger charge is -1.95. The van der Waals surface area contributed by atoms with Gasteiger partial charge in [0.15, 0.2) is 0 Å². The summed E-state index contributed by atoms with van der Waals surface area (Å²) in [5.41, 5.74) is 1.65. The Balaban J connectivity index is 2.13. The lowest BCUT2D eigenvalue weighted by atomic mass is 10.2. The number of hydrogen-bond donors (Lipinski definition) is 0. The van der Waals surface area contributed by atoms with Crippen LogP contribution in [-0.4, -0.2) is 11.1 Å². The van der Waals surface area contributed by atoms with Crippen molar-refractivity contribution in [2.24, 2.45) is 4.99 Å². The van der Waals surface area contributed by atoms with Crippen molar-refractivity contribution in [2.75, 3.05) is 0 Å². The molecule has 4 nitrogen and oxygen atoms in total. The largest absolute Gasteiger partial charge is 0.269 e. The van der Waals surface area contributed by atoms with Gasteiger partial charge in [-0.05, 0) is 42.0 Å². The molecular weight excluding hydrogens is 252 g/mol. The predicted molar refractivity (Wildman–Crippen MR) is 71.8 cm³/mol. The molecule has 0 saturated carbocycles. The third-order valence-corrected chi connectivity index (χ3v) is 2.55. The van der Waals surface area contributed by atoms with Crippen LogP contribution in [0.15, 0.2) is 53.5 Å². The molecule has 0 aliphatic rings. The molecule has 0 atom stereocenters. The Morgan fingerprint density at radius 2 is 1.67 bits per heavy atom. The van der Waals surface area contributed by atoms with E-state index in [2.05, 4.69) is 4.99 Å². The van der Waals surface area contributed by atoms with Crippen molar-refractivity contribution in [3.05, 3.63) is 69.2 Å². The fraction of sp³-hybridized carbons (Fsp3) is 0. The lowest BCUT2D eigenvalue weighted by Crippen LogP contribution is -1.88. The second-order valence-corrected chi connectivity index (χ2v) is 4.02. The van der Waals surface area contributed by atoms with Crippen LogP contribution in [0.5, 0.6) is 0 Å². The summed E-state index contributed by atoms with van der Waals surface area (Å²) in [6, 6.07) is 13.3. The fourth-order valence-corrected chi connectivity index (χ4v) is 1.48. The minimum atomic E-state index is -0.430. The molecule has 0 aliphatic carbocycles. The van der Waals surface area contributed by atoms with E-state index in [1.165, 1.54) is 12.1 Å². The van der Waals surface area contributed by atoms with Gasteiger partial charge in [-0.15, -0.1) is 0 Å². The van der Waals surface area contributed by atoms with E-state index in [-0.39, 0.29) is 5.69 Å². The molecule has 0 fully saturated rings. The highest BCUT2D eigenvalue weighted by molar-refractivity contribution is 6.30. The maximum absolute atomic E-state index is 10.5. The molecule has 0 unspecified atom stereocenters. The number of nitro benzene ring substituents is 1. The molecule has 5 heteroatoms. The number of rotatable bonds is 3. The monoisotopic (exact) mass is 260 g/mol. The van der Waals surface area contributed by atoms with Gasteiger partial charge in [0.25, 0.3) is 5.69 Å². The van der Waals surface area contributed by atoms with Crippen molar-refractivity contribution in [3.63, 3.8) is 0 Å². The first-order valence-corrected chi connectivity index (χ1v) is 5.57. The van der Waals surface area contributed by atoms with Crippen LogP contribution >= 0.6 is 11.6 Å². The van der Waals surface area contributed by atoms with Gasteiger partial charge < -0.3 is 0 Å². The predicted octanol–water partition coefficient (Wildman–Crippen LogP) is 4.00. The molecule has 0 spiro atoms. The van der Waals surface area contributed by atoms with Crippen molar-refractivity contribution in [2.45, 2.75) is 0 Å². The SMILES string of the molecule is O=[N+]([O-])c1ccc(C=Nc2ccc(Cl)cc2)cc1.